The van der Waals surface area contributed by atoms with Crippen LogP contribution in [0, 0.1) is 0 Å². The van der Waals surface area contributed by atoms with Gasteiger partial charge < -0.3 is 11.1 Å². The van der Waals surface area contributed by atoms with Crippen molar-refractivity contribution in [1.29, 1.82) is 0 Å². The van der Waals surface area contributed by atoms with Crippen molar-refractivity contribution >= 4 is 29.0 Å². The van der Waals surface area contributed by atoms with Crippen LogP contribution < -0.4 is 11.1 Å². The maximum Gasteiger partial charge on any atom is 0.271 e. The number of thiazole rings is 1. The molecule has 0 aliphatic heterocycles. The molecule has 1 amide bonds. The second kappa shape index (κ2) is 7.26. The number of hydrogen-bond acceptors (Lipinski definition) is 5. The van der Waals surface area contributed by atoms with Gasteiger partial charge in [0.2, 0.25) is 0 Å². The van der Waals surface area contributed by atoms with Crippen molar-refractivity contribution in [3.05, 3.63) is 16.1 Å². The molecule has 1 saturated carbocycles. The van der Waals surface area contributed by atoms with E-state index in [2.05, 4.69) is 16.6 Å². The fourth-order valence-electron chi connectivity index (χ4n) is 2.44. The van der Waals surface area contributed by atoms with Gasteiger partial charge in [0.1, 0.15) is 5.69 Å². The zero-order valence-corrected chi connectivity index (χ0v) is 12.9. The number of thioether (sulfide) groups is 1. The lowest BCUT2D eigenvalue weighted by molar-refractivity contribution is 0.0925. The standard InChI is InChI=1S/C13H21N3OS2/c1-18-11-5-3-2-4-9(11)16-13(17)10-8-19-12(15-10)6-7-14/h8-9,11H,2-7,14H2,1H3,(H,16,17). The largest absolute Gasteiger partial charge is 0.347 e. The second-order valence-corrected chi connectivity index (χ2v) is 6.82. The summed E-state index contributed by atoms with van der Waals surface area (Å²) in [6.07, 6.45) is 7.62. The van der Waals surface area contributed by atoms with Crippen LogP contribution >= 0.6 is 23.1 Å². The van der Waals surface area contributed by atoms with Crippen LogP contribution in [0.4, 0.5) is 0 Å². The highest BCUT2D eigenvalue weighted by Crippen LogP contribution is 2.27. The highest BCUT2D eigenvalue weighted by molar-refractivity contribution is 7.99. The van der Waals surface area contributed by atoms with Gasteiger partial charge in [-0.15, -0.1) is 11.3 Å². The van der Waals surface area contributed by atoms with Gasteiger partial charge in [0.15, 0.2) is 0 Å². The van der Waals surface area contributed by atoms with Gasteiger partial charge in [0, 0.05) is 23.1 Å². The molecule has 0 saturated heterocycles. The first-order chi connectivity index (χ1) is 9.24. The van der Waals surface area contributed by atoms with Gasteiger partial charge in [-0.3, -0.25) is 4.79 Å². The van der Waals surface area contributed by atoms with Crippen molar-refractivity contribution < 1.29 is 4.79 Å². The number of nitrogens with zero attached hydrogens (tertiary/aromatic N) is 1. The molecule has 1 aromatic heterocycles. The predicted octanol–water partition coefficient (Wildman–Crippen LogP) is 2.05. The Kier molecular flexibility index (Phi) is 5.66. The summed E-state index contributed by atoms with van der Waals surface area (Å²) in [6, 6.07) is 0.288. The zero-order valence-electron chi connectivity index (χ0n) is 11.2. The Labute approximate surface area is 122 Å². The minimum atomic E-state index is -0.0366. The molecule has 0 aromatic carbocycles. The van der Waals surface area contributed by atoms with Crippen molar-refractivity contribution in [2.24, 2.45) is 5.73 Å². The highest BCUT2D eigenvalue weighted by atomic mass is 32.2. The molecule has 2 unspecified atom stereocenters. The molecule has 4 nitrogen and oxygen atoms in total. The Bertz CT molecular complexity index is 422. The van der Waals surface area contributed by atoms with Gasteiger partial charge in [-0.05, 0) is 25.6 Å². The van der Waals surface area contributed by atoms with Crippen LogP contribution in [0.5, 0.6) is 0 Å². The van der Waals surface area contributed by atoms with Crippen LogP contribution in [0.3, 0.4) is 0 Å². The Morgan fingerprint density at radius 3 is 3.11 bits per heavy atom. The molecular weight excluding hydrogens is 278 g/mol. The Morgan fingerprint density at radius 2 is 2.37 bits per heavy atom. The SMILES string of the molecule is CSC1CCCCC1NC(=O)c1csc(CCN)n1. The zero-order chi connectivity index (χ0) is 13.7. The molecule has 1 fully saturated rings. The highest BCUT2D eigenvalue weighted by Gasteiger charge is 2.26. The van der Waals surface area contributed by atoms with Crippen LogP contribution in [0.1, 0.15) is 41.2 Å². The van der Waals surface area contributed by atoms with E-state index in [1.807, 2.05) is 17.1 Å². The van der Waals surface area contributed by atoms with Gasteiger partial charge in [-0.2, -0.15) is 11.8 Å². The molecule has 106 valence electrons. The molecule has 1 heterocycles. The molecule has 1 aliphatic carbocycles. The second-order valence-electron chi connectivity index (χ2n) is 4.80. The van der Waals surface area contributed by atoms with Gasteiger partial charge in [0.25, 0.3) is 5.91 Å². The van der Waals surface area contributed by atoms with E-state index in [0.29, 0.717) is 17.5 Å². The summed E-state index contributed by atoms with van der Waals surface area (Å²) in [5, 5.41) is 6.46. The first-order valence-corrected chi connectivity index (χ1v) is 8.89. The van der Waals surface area contributed by atoms with Gasteiger partial charge in [-0.25, -0.2) is 4.98 Å². The minimum Gasteiger partial charge on any atom is -0.347 e. The number of aromatic nitrogens is 1. The normalized spacial score (nSPS) is 23.3. The van der Waals surface area contributed by atoms with Crippen LogP contribution in [0.15, 0.2) is 5.38 Å². The van der Waals surface area contributed by atoms with E-state index in [1.165, 1.54) is 30.6 Å². The van der Waals surface area contributed by atoms with Gasteiger partial charge in [0.05, 0.1) is 5.01 Å². The topological polar surface area (TPSA) is 68.0 Å². The van der Waals surface area contributed by atoms with Gasteiger partial charge in [-0.1, -0.05) is 12.8 Å². The molecule has 2 atom stereocenters. The third kappa shape index (κ3) is 3.94. The van der Waals surface area contributed by atoms with Crippen molar-refractivity contribution in [3.63, 3.8) is 0 Å². The molecule has 3 N–H and O–H groups in total. The summed E-state index contributed by atoms with van der Waals surface area (Å²) in [4.78, 5) is 16.5. The number of nitrogens with one attached hydrogen (secondary N) is 1. The lowest BCUT2D eigenvalue weighted by atomic mass is 9.95. The quantitative estimate of drug-likeness (QED) is 0.873. The van der Waals surface area contributed by atoms with Crippen molar-refractivity contribution in [1.82, 2.24) is 10.3 Å². The molecule has 0 spiro atoms. The number of amides is 1. The maximum absolute atomic E-state index is 12.2. The fraction of sp³-hybridized carbons (Fsp3) is 0.692. The van der Waals surface area contributed by atoms with Crippen LogP contribution in [0.2, 0.25) is 0 Å². The summed E-state index contributed by atoms with van der Waals surface area (Å²) >= 11 is 3.37. The van der Waals surface area contributed by atoms with Crippen LogP contribution in [-0.2, 0) is 6.42 Å². The predicted molar refractivity (Wildman–Crippen MR) is 81.9 cm³/mol. The summed E-state index contributed by atoms with van der Waals surface area (Å²) in [5.41, 5.74) is 6.04. The molecule has 0 bridgehead atoms. The number of nitrogens with two attached hydrogens (primary N) is 1. The average molecular weight is 299 g/mol. The van der Waals surface area contributed by atoms with E-state index in [-0.39, 0.29) is 11.9 Å². The molecular formula is C13H21N3OS2. The Morgan fingerprint density at radius 1 is 1.58 bits per heavy atom. The van der Waals surface area contributed by atoms with E-state index >= 15 is 0 Å². The van der Waals surface area contributed by atoms with Crippen LogP contribution in [0.25, 0.3) is 0 Å². The number of hydrogen-bond donors (Lipinski definition) is 2. The summed E-state index contributed by atoms with van der Waals surface area (Å²) in [7, 11) is 0. The summed E-state index contributed by atoms with van der Waals surface area (Å²) in [6.45, 7) is 0.575. The van der Waals surface area contributed by atoms with E-state index in [4.69, 9.17) is 5.73 Å². The summed E-state index contributed by atoms with van der Waals surface area (Å²) < 4.78 is 0. The van der Waals surface area contributed by atoms with Crippen molar-refractivity contribution in [2.75, 3.05) is 12.8 Å². The smallest absolute Gasteiger partial charge is 0.271 e. The first kappa shape index (κ1) is 14.8. The third-order valence-electron chi connectivity index (χ3n) is 3.46. The average Bonchev–Trinajstić information content (AvgIpc) is 2.88. The first-order valence-electron chi connectivity index (χ1n) is 6.72. The Hall–Kier alpha value is -0.590. The number of rotatable bonds is 5. The molecule has 2 rings (SSSR count). The lowest BCUT2D eigenvalue weighted by Gasteiger charge is -2.30. The number of carbonyl (C=O) groups excluding carboxylic acids is 1. The maximum atomic E-state index is 12.2. The third-order valence-corrected chi connectivity index (χ3v) is 5.54. The monoisotopic (exact) mass is 299 g/mol. The summed E-state index contributed by atoms with van der Waals surface area (Å²) in [5.74, 6) is -0.0366. The van der Waals surface area contributed by atoms with Crippen LogP contribution in [-0.4, -0.2) is 35.0 Å². The van der Waals surface area contributed by atoms with E-state index in [0.717, 1.165) is 17.8 Å². The molecule has 19 heavy (non-hydrogen) atoms. The van der Waals surface area contributed by atoms with Crippen molar-refractivity contribution in [2.45, 2.75) is 43.4 Å². The molecule has 1 aliphatic rings. The minimum absolute atomic E-state index is 0.0366. The van der Waals surface area contributed by atoms with E-state index < -0.39 is 0 Å². The molecule has 6 heteroatoms. The van der Waals surface area contributed by atoms with Gasteiger partial charge >= 0.3 is 0 Å². The van der Waals surface area contributed by atoms with E-state index in [9.17, 15) is 4.79 Å². The number of carbonyl (C=O) groups is 1. The van der Waals surface area contributed by atoms with Crippen molar-refractivity contribution in [3.8, 4) is 0 Å². The Balaban J connectivity index is 1.95. The fourth-order valence-corrected chi connectivity index (χ4v) is 4.17. The molecule has 0 radical (unpaired) electrons. The molecule has 1 aromatic rings. The lowest BCUT2D eigenvalue weighted by Crippen LogP contribution is -2.43. The van der Waals surface area contributed by atoms with E-state index in [1.54, 1.807) is 0 Å².